The molecule has 11 heteroatoms. The number of rotatable bonds is 7. The molecule has 1 fully saturated rings. The van der Waals surface area contributed by atoms with Crippen LogP contribution in [0.4, 0.5) is 15.9 Å². The predicted molar refractivity (Wildman–Crippen MR) is 137 cm³/mol. The van der Waals surface area contributed by atoms with Crippen molar-refractivity contribution >= 4 is 33.4 Å². The lowest BCUT2D eigenvalue weighted by Gasteiger charge is -2.37. The Kier molecular flexibility index (Phi) is 5.97. The van der Waals surface area contributed by atoms with E-state index < -0.39 is 5.60 Å². The van der Waals surface area contributed by atoms with Crippen molar-refractivity contribution in [3.05, 3.63) is 47.3 Å². The van der Waals surface area contributed by atoms with E-state index in [1.54, 1.807) is 20.9 Å². The van der Waals surface area contributed by atoms with Crippen molar-refractivity contribution in [2.75, 3.05) is 36.9 Å². The van der Waals surface area contributed by atoms with Gasteiger partial charge >= 0.3 is 6.01 Å². The van der Waals surface area contributed by atoms with Crippen LogP contribution in [0.15, 0.2) is 35.7 Å². The third kappa shape index (κ3) is 4.20. The normalized spacial score (nSPS) is 13.9. The molecule has 1 aliphatic heterocycles. The average Bonchev–Trinajstić information content (AvgIpc) is 3.18. The highest BCUT2D eigenvalue weighted by atomic mass is 19.1. The lowest BCUT2D eigenvalue weighted by atomic mass is 9.98. The van der Waals surface area contributed by atoms with Gasteiger partial charge in [-0.3, -0.25) is 0 Å². The van der Waals surface area contributed by atoms with Crippen molar-refractivity contribution in [1.82, 2.24) is 24.9 Å². The van der Waals surface area contributed by atoms with E-state index in [-0.39, 0.29) is 17.7 Å². The average molecular weight is 493 g/mol. The minimum absolute atomic E-state index is 0.0992. The Morgan fingerprint density at radius 1 is 1.25 bits per heavy atom. The van der Waals surface area contributed by atoms with Crippen LogP contribution in [-0.2, 0) is 5.60 Å². The molecule has 4 aromatic rings. The molecule has 0 amide bonds. The summed E-state index contributed by atoms with van der Waals surface area (Å²) in [6.07, 6.45) is 3.83. The Bertz CT molecular complexity index is 1460. The standard InChI is InChI=1S/C25H29FN8O2/c1-5-13(8-27)14-11-34(12-14)22-19-17-6-15(26)7-18(28-4)20(17)31-21(19)32-24(33-22)36-16-9-29-23(30-10-16)25(2,3)35/h6-7,9-10,28,35H,5,8,11-12,27H2,1-4H3,(H,31,32,33). The lowest BCUT2D eigenvalue weighted by Crippen LogP contribution is -2.42. The first-order valence-corrected chi connectivity index (χ1v) is 11.8. The van der Waals surface area contributed by atoms with Crippen LogP contribution in [0.3, 0.4) is 0 Å². The maximum Gasteiger partial charge on any atom is 0.326 e. The van der Waals surface area contributed by atoms with Gasteiger partial charge < -0.3 is 30.8 Å². The number of H-pyrrole nitrogens is 1. The van der Waals surface area contributed by atoms with Gasteiger partial charge in [-0.05, 0) is 38.0 Å². The van der Waals surface area contributed by atoms with Crippen LogP contribution in [0.5, 0.6) is 11.8 Å². The van der Waals surface area contributed by atoms with E-state index in [1.807, 2.05) is 0 Å². The molecule has 5 rings (SSSR count). The highest BCUT2D eigenvalue weighted by Gasteiger charge is 2.29. The molecular weight excluding hydrogens is 463 g/mol. The Hall–Kier alpha value is -3.83. The molecule has 0 bridgehead atoms. The first-order chi connectivity index (χ1) is 17.2. The number of hydrogen-bond acceptors (Lipinski definition) is 9. The highest BCUT2D eigenvalue weighted by molar-refractivity contribution is 6.14. The fraction of sp³-hybridized carbons (Fsp3) is 0.360. The van der Waals surface area contributed by atoms with Crippen molar-refractivity contribution in [2.45, 2.75) is 32.8 Å². The first-order valence-electron chi connectivity index (χ1n) is 11.8. The third-order valence-corrected chi connectivity index (χ3v) is 6.38. The maximum absolute atomic E-state index is 14.5. The summed E-state index contributed by atoms with van der Waals surface area (Å²) in [4.78, 5) is 23.0. The summed E-state index contributed by atoms with van der Waals surface area (Å²) in [6.45, 7) is 7.19. The fourth-order valence-electron chi connectivity index (χ4n) is 4.41. The van der Waals surface area contributed by atoms with Crippen molar-refractivity contribution in [1.29, 1.82) is 0 Å². The van der Waals surface area contributed by atoms with Crippen LogP contribution >= 0.6 is 0 Å². The number of nitrogens with one attached hydrogen (secondary N) is 2. The predicted octanol–water partition coefficient (Wildman–Crippen LogP) is 3.59. The molecule has 0 spiro atoms. The van der Waals surface area contributed by atoms with Gasteiger partial charge in [-0.1, -0.05) is 12.5 Å². The maximum atomic E-state index is 14.5. The molecule has 1 saturated heterocycles. The second-order valence-corrected chi connectivity index (χ2v) is 9.33. The second kappa shape index (κ2) is 8.99. The van der Waals surface area contributed by atoms with Gasteiger partial charge in [0.1, 0.15) is 22.9 Å². The molecule has 0 atom stereocenters. The zero-order valence-electron chi connectivity index (χ0n) is 20.7. The fourth-order valence-corrected chi connectivity index (χ4v) is 4.41. The number of aromatic amines is 1. The van der Waals surface area contributed by atoms with E-state index in [0.29, 0.717) is 53.3 Å². The molecular formula is C25H29FN8O2. The minimum atomic E-state index is -1.17. The van der Waals surface area contributed by atoms with E-state index in [9.17, 15) is 9.50 Å². The zero-order valence-corrected chi connectivity index (χ0v) is 20.7. The largest absolute Gasteiger partial charge is 0.421 e. The number of fused-ring (bicyclic) bond motifs is 3. The summed E-state index contributed by atoms with van der Waals surface area (Å²) in [6, 6.07) is 3.02. The number of halogens is 1. The number of anilines is 2. The van der Waals surface area contributed by atoms with Gasteiger partial charge in [0.2, 0.25) is 0 Å². The van der Waals surface area contributed by atoms with Crippen LogP contribution < -0.4 is 20.7 Å². The molecule has 36 heavy (non-hydrogen) atoms. The highest BCUT2D eigenvalue weighted by Crippen LogP contribution is 2.39. The molecule has 1 aliphatic rings. The second-order valence-electron chi connectivity index (χ2n) is 9.33. The number of nitrogens with two attached hydrogens (primary N) is 1. The topological polar surface area (TPSA) is 138 Å². The van der Waals surface area contributed by atoms with Crippen LogP contribution in [0.25, 0.3) is 21.9 Å². The number of aliphatic hydroxyl groups is 1. The van der Waals surface area contributed by atoms with Gasteiger partial charge in [-0.25, -0.2) is 14.4 Å². The summed E-state index contributed by atoms with van der Waals surface area (Å²) < 4.78 is 20.4. The van der Waals surface area contributed by atoms with Crippen LogP contribution in [0, 0.1) is 5.82 Å². The monoisotopic (exact) mass is 492 g/mol. The SMILES string of the molecule is CCC(CN)=C1CN(c2nc(Oc3cnc(C(C)(C)O)nc3)nc3[nH]c4c(NC)cc(F)cc4c23)C1. The number of nitrogens with zero attached hydrogens (tertiary/aromatic N) is 5. The van der Waals surface area contributed by atoms with Gasteiger partial charge in [0.15, 0.2) is 11.6 Å². The Balaban J connectivity index is 1.61. The molecule has 10 nitrogen and oxygen atoms in total. The molecule has 5 N–H and O–H groups in total. The van der Waals surface area contributed by atoms with E-state index in [0.717, 1.165) is 11.9 Å². The van der Waals surface area contributed by atoms with Gasteiger partial charge in [-0.15, -0.1) is 0 Å². The van der Waals surface area contributed by atoms with E-state index in [4.69, 9.17) is 15.5 Å². The molecule has 0 saturated carbocycles. The quantitative estimate of drug-likeness (QED) is 0.285. The Morgan fingerprint density at radius 3 is 2.58 bits per heavy atom. The van der Waals surface area contributed by atoms with Crippen LogP contribution in [-0.4, -0.2) is 56.7 Å². The van der Waals surface area contributed by atoms with Crippen molar-refractivity contribution in [2.24, 2.45) is 5.73 Å². The molecule has 4 heterocycles. The number of aromatic nitrogens is 5. The van der Waals surface area contributed by atoms with Gasteiger partial charge in [0.25, 0.3) is 0 Å². The molecule has 3 aromatic heterocycles. The molecule has 0 unspecified atom stereocenters. The summed E-state index contributed by atoms with van der Waals surface area (Å²) in [7, 11) is 1.74. The van der Waals surface area contributed by atoms with Gasteiger partial charge in [0.05, 0.1) is 29.0 Å². The lowest BCUT2D eigenvalue weighted by molar-refractivity contribution is 0.0685. The first kappa shape index (κ1) is 23.9. The van der Waals surface area contributed by atoms with Gasteiger partial charge in [0, 0.05) is 32.1 Å². The van der Waals surface area contributed by atoms with Crippen LogP contribution in [0.1, 0.15) is 33.0 Å². The third-order valence-electron chi connectivity index (χ3n) is 6.38. The van der Waals surface area contributed by atoms with Crippen molar-refractivity contribution in [3.8, 4) is 11.8 Å². The molecule has 188 valence electrons. The zero-order chi connectivity index (χ0) is 25.6. The van der Waals surface area contributed by atoms with Crippen molar-refractivity contribution < 1.29 is 14.2 Å². The Labute approximate surface area is 207 Å². The van der Waals surface area contributed by atoms with E-state index in [1.165, 1.54) is 35.7 Å². The number of benzene rings is 1. The summed E-state index contributed by atoms with van der Waals surface area (Å²) >= 11 is 0. The molecule has 0 radical (unpaired) electrons. The number of hydrogen-bond donors (Lipinski definition) is 4. The van der Waals surface area contributed by atoms with E-state index in [2.05, 4.69) is 37.1 Å². The molecule has 1 aromatic carbocycles. The number of ether oxygens (including phenoxy) is 1. The minimum Gasteiger partial charge on any atom is -0.421 e. The van der Waals surface area contributed by atoms with Gasteiger partial charge in [-0.2, -0.15) is 9.97 Å². The summed E-state index contributed by atoms with van der Waals surface area (Å²) in [5.74, 6) is 0.880. The van der Waals surface area contributed by atoms with E-state index >= 15 is 0 Å². The smallest absolute Gasteiger partial charge is 0.326 e. The molecule has 0 aliphatic carbocycles. The van der Waals surface area contributed by atoms with Crippen molar-refractivity contribution in [3.63, 3.8) is 0 Å². The summed E-state index contributed by atoms with van der Waals surface area (Å²) in [5.41, 5.74) is 9.14. The summed E-state index contributed by atoms with van der Waals surface area (Å²) in [5, 5.41) is 14.5. The van der Waals surface area contributed by atoms with Crippen LogP contribution in [0.2, 0.25) is 0 Å². The Morgan fingerprint density at radius 2 is 1.97 bits per heavy atom.